The van der Waals surface area contributed by atoms with E-state index in [2.05, 4.69) is 25.4 Å². The van der Waals surface area contributed by atoms with Crippen LogP contribution in [-0.4, -0.2) is 75.3 Å². The van der Waals surface area contributed by atoms with Gasteiger partial charge in [-0.15, -0.1) is 0 Å². The summed E-state index contributed by atoms with van der Waals surface area (Å²) >= 11 is 0. The smallest absolute Gasteiger partial charge is 0.459 e. The number of hydrogen-bond donors (Lipinski definition) is 4. The third-order valence-electron chi connectivity index (χ3n) is 5.42. The minimum absolute atomic E-state index is 0.0678. The summed E-state index contributed by atoms with van der Waals surface area (Å²) in [4.78, 5) is 24.8. The number of anilines is 2. The Kier molecular flexibility index (Phi) is 10.8. The van der Waals surface area contributed by atoms with Gasteiger partial charge in [0.25, 0.3) is 0 Å². The zero-order chi connectivity index (χ0) is 29.4. The fraction of sp³-hybridized carbons (Fsp3) is 0.500. The number of nitrogens with zero attached hydrogens (tertiary/aromatic N) is 4. The molecule has 0 radical (unpaired) electrons. The number of nitrogen functional groups attached to an aromatic ring is 1. The molecule has 0 saturated heterocycles. The van der Waals surface area contributed by atoms with Crippen LogP contribution in [-0.2, 0) is 23.4 Å². The van der Waals surface area contributed by atoms with Gasteiger partial charge in [0.15, 0.2) is 23.2 Å². The second-order valence-electron chi connectivity index (χ2n) is 9.06. The van der Waals surface area contributed by atoms with Crippen LogP contribution >= 0.6 is 7.75 Å². The van der Waals surface area contributed by atoms with Crippen LogP contribution in [0.4, 0.5) is 16.2 Å². The monoisotopic (exact) mass is 583 g/mol. The molecular formula is C24H35FN7O7P. The number of aromatic nitrogens is 4. The number of esters is 1. The first-order valence-corrected chi connectivity index (χ1v) is 14.0. The van der Waals surface area contributed by atoms with Crippen LogP contribution < -0.4 is 20.7 Å². The highest BCUT2D eigenvalue weighted by Gasteiger charge is 2.35. The molecule has 0 aliphatic heterocycles. The van der Waals surface area contributed by atoms with E-state index >= 15 is 0 Å². The van der Waals surface area contributed by atoms with Crippen LogP contribution in [0.3, 0.4) is 0 Å². The normalized spacial score (nSPS) is 16.2. The first-order chi connectivity index (χ1) is 19.0. The van der Waals surface area contributed by atoms with Crippen LogP contribution in [0.15, 0.2) is 36.7 Å². The fourth-order valence-electron chi connectivity index (χ4n) is 3.49. The van der Waals surface area contributed by atoms with Crippen molar-refractivity contribution in [2.24, 2.45) is 0 Å². The quantitative estimate of drug-likeness (QED) is 0.151. The van der Waals surface area contributed by atoms with Gasteiger partial charge in [0.05, 0.1) is 25.1 Å². The van der Waals surface area contributed by atoms with E-state index in [9.17, 15) is 18.9 Å². The number of aliphatic hydroxyl groups excluding tert-OH is 1. The van der Waals surface area contributed by atoms with Crippen LogP contribution in [0.1, 0.15) is 33.9 Å². The number of alkyl halides is 1. The summed E-state index contributed by atoms with van der Waals surface area (Å²) < 4.78 is 51.5. The molecule has 40 heavy (non-hydrogen) atoms. The maximum absolute atomic E-state index is 14.3. The summed E-state index contributed by atoms with van der Waals surface area (Å²) in [6, 6.07) is 7.08. The lowest BCUT2D eigenvalue weighted by Gasteiger charge is -2.28. The Morgan fingerprint density at radius 3 is 2.50 bits per heavy atom. The second-order valence-corrected chi connectivity index (χ2v) is 10.8. The van der Waals surface area contributed by atoms with Gasteiger partial charge in [-0.3, -0.25) is 13.9 Å². The Labute approximate surface area is 231 Å². The summed E-state index contributed by atoms with van der Waals surface area (Å²) in [5.41, 5.74) is 6.31. The van der Waals surface area contributed by atoms with E-state index in [1.165, 1.54) is 24.7 Å². The third kappa shape index (κ3) is 8.08. The minimum atomic E-state index is -4.26. The van der Waals surface area contributed by atoms with E-state index in [1.54, 1.807) is 51.2 Å². The van der Waals surface area contributed by atoms with Crippen molar-refractivity contribution in [3.63, 3.8) is 0 Å². The number of carbonyl (C=O) groups excluding carboxylic acids is 1. The van der Waals surface area contributed by atoms with E-state index in [4.69, 9.17) is 24.3 Å². The lowest BCUT2D eigenvalue weighted by molar-refractivity contribution is -0.149. The van der Waals surface area contributed by atoms with E-state index in [1.807, 2.05) is 0 Å². The number of benzene rings is 1. The molecule has 0 aliphatic carbocycles. The number of ether oxygens (including phenoxy) is 2. The maximum atomic E-state index is 14.3. The number of fused-ring (bicyclic) bond motifs is 1. The van der Waals surface area contributed by atoms with Crippen molar-refractivity contribution in [2.75, 3.05) is 31.4 Å². The SMILES string of the molecule is CNc1nc(N)nc2c1ncn2[C@@H](CF)OC(CO[P@](=O)(N[C@@H](C)C(=O)OC(C)C)Oc1ccccc1)[C@H](C)O. The number of rotatable bonds is 15. The van der Waals surface area contributed by atoms with Crippen molar-refractivity contribution in [2.45, 2.75) is 58.3 Å². The van der Waals surface area contributed by atoms with Crippen molar-refractivity contribution in [3.05, 3.63) is 36.7 Å². The number of carbonyl (C=O) groups is 1. The Bertz CT molecular complexity index is 1310. The third-order valence-corrected chi connectivity index (χ3v) is 7.07. The number of halogens is 1. The molecule has 2 aromatic heterocycles. The van der Waals surface area contributed by atoms with Gasteiger partial charge in [0.1, 0.15) is 24.6 Å². The van der Waals surface area contributed by atoms with E-state index in [0.29, 0.717) is 11.3 Å². The van der Waals surface area contributed by atoms with Crippen molar-refractivity contribution >= 4 is 36.6 Å². The fourth-order valence-corrected chi connectivity index (χ4v) is 5.00. The highest BCUT2D eigenvalue weighted by molar-refractivity contribution is 7.52. The molecule has 0 saturated carbocycles. The van der Waals surface area contributed by atoms with Gasteiger partial charge in [0, 0.05) is 7.05 Å². The molecule has 0 spiro atoms. The molecule has 0 bridgehead atoms. The zero-order valence-corrected chi connectivity index (χ0v) is 23.7. The number of hydrogen-bond acceptors (Lipinski definition) is 12. The molecule has 1 unspecified atom stereocenters. The molecule has 0 fully saturated rings. The predicted octanol–water partition coefficient (Wildman–Crippen LogP) is 2.82. The topological polar surface area (TPSA) is 185 Å². The van der Waals surface area contributed by atoms with E-state index < -0.39 is 57.6 Å². The molecule has 16 heteroatoms. The molecule has 0 amide bonds. The molecule has 3 rings (SSSR count). The number of imidazole rings is 1. The largest absolute Gasteiger partial charge is 0.462 e. The number of para-hydroxylation sites is 1. The number of nitrogens with two attached hydrogens (primary N) is 1. The molecule has 3 aromatic rings. The van der Waals surface area contributed by atoms with Crippen LogP contribution in [0.5, 0.6) is 5.75 Å². The van der Waals surface area contributed by atoms with Gasteiger partial charge in [-0.05, 0) is 39.8 Å². The molecule has 5 atom stereocenters. The number of aliphatic hydroxyl groups is 1. The van der Waals surface area contributed by atoms with Gasteiger partial charge < -0.3 is 30.2 Å². The molecule has 14 nitrogen and oxygen atoms in total. The average Bonchev–Trinajstić information content (AvgIpc) is 3.31. The average molecular weight is 584 g/mol. The lowest BCUT2D eigenvalue weighted by Crippen LogP contribution is -2.38. The molecule has 0 aliphatic rings. The molecular weight excluding hydrogens is 548 g/mol. The summed E-state index contributed by atoms with van der Waals surface area (Å²) in [6.45, 7) is 4.64. The van der Waals surface area contributed by atoms with Gasteiger partial charge in [0.2, 0.25) is 5.95 Å². The first kappa shape index (κ1) is 31.2. The van der Waals surface area contributed by atoms with Crippen LogP contribution in [0.2, 0.25) is 0 Å². The second kappa shape index (κ2) is 13.8. The summed E-state index contributed by atoms with van der Waals surface area (Å²) in [5, 5.41) is 15.8. The maximum Gasteiger partial charge on any atom is 0.459 e. The standard InChI is InChI=1S/C24H35FN7O7P/c1-14(2)37-23(34)15(3)31-40(35,39-17-9-7-6-8-10-17)36-12-18(16(4)33)38-19(11-25)32-13-28-20-21(27-5)29-24(26)30-22(20)32/h6-10,13-16,18-19,33H,11-12H2,1-5H3,(H,31,35)(H3,26,27,29,30)/t15-,16-,18?,19+,40+/m0/s1. The summed E-state index contributed by atoms with van der Waals surface area (Å²) in [6.07, 6.45) is -2.81. The predicted molar refractivity (Wildman–Crippen MR) is 145 cm³/mol. The van der Waals surface area contributed by atoms with Crippen molar-refractivity contribution in [3.8, 4) is 5.75 Å². The summed E-state index contributed by atoms with van der Waals surface area (Å²) in [7, 11) is -2.63. The van der Waals surface area contributed by atoms with Crippen molar-refractivity contribution < 1.29 is 37.4 Å². The first-order valence-electron chi connectivity index (χ1n) is 12.5. The van der Waals surface area contributed by atoms with Gasteiger partial charge in [-0.25, -0.2) is 13.9 Å². The van der Waals surface area contributed by atoms with Crippen molar-refractivity contribution in [1.29, 1.82) is 0 Å². The molecule has 220 valence electrons. The van der Waals surface area contributed by atoms with Crippen LogP contribution in [0.25, 0.3) is 11.2 Å². The molecule has 5 N–H and O–H groups in total. The molecule has 1 aromatic carbocycles. The van der Waals surface area contributed by atoms with Gasteiger partial charge in [-0.1, -0.05) is 18.2 Å². The number of nitrogens with one attached hydrogen (secondary N) is 2. The zero-order valence-electron chi connectivity index (χ0n) is 22.9. The Morgan fingerprint density at radius 2 is 1.90 bits per heavy atom. The highest BCUT2D eigenvalue weighted by Crippen LogP contribution is 2.45. The van der Waals surface area contributed by atoms with Crippen molar-refractivity contribution in [1.82, 2.24) is 24.6 Å². The van der Waals surface area contributed by atoms with Crippen LogP contribution in [0, 0.1) is 0 Å². The minimum Gasteiger partial charge on any atom is -0.462 e. The van der Waals surface area contributed by atoms with Gasteiger partial charge >= 0.3 is 13.7 Å². The van der Waals surface area contributed by atoms with E-state index in [-0.39, 0.29) is 17.3 Å². The lowest BCUT2D eigenvalue weighted by atomic mass is 10.2. The van der Waals surface area contributed by atoms with Gasteiger partial charge in [-0.2, -0.15) is 15.1 Å². The van der Waals surface area contributed by atoms with E-state index in [0.717, 1.165) is 0 Å². The Balaban J connectivity index is 1.82. The highest BCUT2D eigenvalue weighted by atomic mass is 31.2. The molecule has 2 heterocycles. The Hall–Kier alpha value is -3.36. The summed E-state index contributed by atoms with van der Waals surface area (Å²) in [5.74, 6) is -0.210. The Morgan fingerprint density at radius 1 is 1.20 bits per heavy atom.